The Balaban J connectivity index is 1.97. The van der Waals surface area contributed by atoms with E-state index in [1.807, 2.05) is 13.0 Å². The van der Waals surface area contributed by atoms with E-state index in [9.17, 15) is 0 Å². The highest BCUT2D eigenvalue weighted by Crippen LogP contribution is 2.08. The maximum Gasteiger partial charge on any atom is 0.116 e. The summed E-state index contributed by atoms with van der Waals surface area (Å²) in [6.45, 7) is 7.13. The molecule has 56 valence electrons. The molecule has 0 aromatic rings. The van der Waals surface area contributed by atoms with Gasteiger partial charge in [-0.1, -0.05) is 12.2 Å². The summed E-state index contributed by atoms with van der Waals surface area (Å²) in [6, 6.07) is 0. The summed E-state index contributed by atoms with van der Waals surface area (Å²) in [7, 11) is 0. The number of hydrogen-bond acceptors (Lipinski definition) is 2. The molecule has 0 bridgehead atoms. The Labute approximate surface area is 61.1 Å². The Bertz CT molecular complexity index is 145. The van der Waals surface area contributed by atoms with Gasteiger partial charge in [-0.05, 0) is 13.0 Å². The highest BCUT2D eigenvalue weighted by molar-refractivity contribution is 5.08. The number of hydrogen-bond donors (Lipinski definition) is 0. The molecule has 0 amide bonds. The van der Waals surface area contributed by atoms with E-state index in [1.54, 1.807) is 6.26 Å². The van der Waals surface area contributed by atoms with Gasteiger partial charge in [-0.25, -0.2) is 0 Å². The smallest absolute Gasteiger partial charge is 0.116 e. The molecule has 2 heteroatoms. The van der Waals surface area contributed by atoms with Crippen molar-refractivity contribution >= 4 is 0 Å². The number of rotatable bonds is 4. The average Bonchev–Trinajstić information content (AvgIpc) is 2.62. The summed E-state index contributed by atoms with van der Waals surface area (Å²) in [6.07, 6.45) is 3.83. The molecule has 0 saturated carbocycles. The Morgan fingerprint density at radius 2 is 2.60 bits per heavy atom. The quantitative estimate of drug-likeness (QED) is 0.335. The molecule has 1 atom stereocenters. The van der Waals surface area contributed by atoms with Crippen LogP contribution in [0.15, 0.2) is 24.5 Å². The maximum atomic E-state index is 5.10. The molecule has 10 heavy (non-hydrogen) atoms. The van der Waals surface area contributed by atoms with E-state index in [4.69, 9.17) is 9.47 Å². The van der Waals surface area contributed by atoms with Crippen molar-refractivity contribution < 1.29 is 9.47 Å². The normalized spacial score (nSPS) is 23.1. The molecule has 2 nitrogen and oxygen atoms in total. The summed E-state index contributed by atoms with van der Waals surface area (Å²) in [4.78, 5) is 0. The van der Waals surface area contributed by atoms with Crippen LogP contribution in [0.1, 0.15) is 6.92 Å². The van der Waals surface area contributed by atoms with Crippen LogP contribution in [0.3, 0.4) is 0 Å². The van der Waals surface area contributed by atoms with Crippen LogP contribution < -0.4 is 0 Å². The standard InChI is InChI=1S/C8H12O2/c1-7(2)3-4-9-5-8-6-10-8/h3-4,8H,1,5-6H2,2H3. The number of ether oxygens (including phenoxy) is 2. The Morgan fingerprint density at radius 1 is 1.90 bits per heavy atom. The molecule has 1 rings (SSSR count). The molecule has 0 aromatic carbocycles. The second-order valence-electron chi connectivity index (χ2n) is 2.44. The third-order valence-electron chi connectivity index (χ3n) is 1.13. The Kier molecular flexibility index (Phi) is 2.51. The minimum absolute atomic E-state index is 0.342. The molecule has 1 saturated heterocycles. The highest BCUT2D eigenvalue weighted by atomic mass is 16.6. The Hall–Kier alpha value is -0.760. The predicted molar refractivity (Wildman–Crippen MR) is 39.6 cm³/mol. The lowest BCUT2D eigenvalue weighted by Gasteiger charge is -1.93. The predicted octanol–water partition coefficient (Wildman–Crippen LogP) is 1.49. The van der Waals surface area contributed by atoms with E-state index in [0.717, 1.165) is 12.2 Å². The first-order valence-corrected chi connectivity index (χ1v) is 3.34. The maximum absolute atomic E-state index is 5.10. The van der Waals surface area contributed by atoms with Gasteiger partial charge < -0.3 is 9.47 Å². The fourth-order valence-corrected chi connectivity index (χ4v) is 0.491. The van der Waals surface area contributed by atoms with E-state index < -0.39 is 0 Å². The minimum atomic E-state index is 0.342. The third-order valence-corrected chi connectivity index (χ3v) is 1.13. The van der Waals surface area contributed by atoms with Gasteiger partial charge >= 0.3 is 0 Å². The summed E-state index contributed by atoms with van der Waals surface area (Å²) in [5.74, 6) is 0. The molecule has 0 radical (unpaired) electrons. The summed E-state index contributed by atoms with van der Waals surface area (Å²) < 4.78 is 10.0. The molecule has 1 aliphatic rings. The molecule has 0 N–H and O–H groups in total. The van der Waals surface area contributed by atoms with Crippen LogP contribution >= 0.6 is 0 Å². The van der Waals surface area contributed by atoms with E-state index in [0.29, 0.717) is 12.7 Å². The van der Waals surface area contributed by atoms with Crippen molar-refractivity contribution in [2.45, 2.75) is 13.0 Å². The minimum Gasteiger partial charge on any atom is -0.498 e. The van der Waals surface area contributed by atoms with Gasteiger partial charge in [0.15, 0.2) is 0 Å². The van der Waals surface area contributed by atoms with Gasteiger partial charge in [0.2, 0.25) is 0 Å². The van der Waals surface area contributed by atoms with E-state index in [2.05, 4.69) is 6.58 Å². The van der Waals surface area contributed by atoms with Crippen molar-refractivity contribution in [3.8, 4) is 0 Å². The summed E-state index contributed by atoms with van der Waals surface area (Å²) in [5.41, 5.74) is 0.997. The molecular weight excluding hydrogens is 128 g/mol. The average molecular weight is 140 g/mol. The van der Waals surface area contributed by atoms with Crippen LogP contribution in [0.25, 0.3) is 0 Å². The van der Waals surface area contributed by atoms with Crippen LogP contribution in [0.4, 0.5) is 0 Å². The molecule has 1 aliphatic heterocycles. The van der Waals surface area contributed by atoms with Crippen LogP contribution in [0, 0.1) is 0 Å². The second kappa shape index (κ2) is 3.42. The summed E-state index contributed by atoms with van der Waals surface area (Å²) >= 11 is 0. The van der Waals surface area contributed by atoms with Crippen molar-refractivity contribution in [1.82, 2.24) is 0 Å². The van der Waals surface area contributed by atoms with Gasteiger partial charge in [-0.15, -0.1) is 0 Å². The fraction of sp³-hybridized carbons (Fsp3) is 0.500. The lowest BCUT2D eigenvalue weighted by Crippen LogP contribution is -1.94. The molecule has 0 spiro atoms. The van der Waals surface area contributed by atoms with Crippen LogP contribution in [0.2, 0.25) is 0 Å². The first-order valence-electron chi connectivity index (χ1n) is 3.34. The third kappa shape index (κ3) is 3.30. The molecule has 0 aromatic heterocycles. The van der Waals surface area contributed by atoms with Crippen LogP contribution in [-0.2, 0) is 9.47 Å². The first-order chi connectivity index (χ1) is 4.79. The van der Waals surface area contributed by atoms with Gasteiger partial charge in [0.25, 0.3) is 0 Å². The topological polar surface area (TPSA) is 21.8 Å². The molecule has 0 aliphatic carbocycles. The number of epoxide rings is 1. The van der Waals surface area contributed by atoms with E-state index in [1.165, 1.54) is 0 Å². The Morgan fingerprint density at radius 3 is 3.10 bits per heavy atom. The molecule has 1 unspecified atom stereocenters. The summed E-state index contributed by atoms with van der Waals surface area (Å²) in [5, 5.41) is 0. The van der Waals surface area contributed by atoms with Gasteiger partial charge in [-0.2, -0.15) is 0 Å². The lowest BCUT2D eigenvalue weighted by molar-refractivity contribution is 0.212. The van der Waals surface area contributed by atoms with Crippen molar-refractivity contribution in [3.05, 3.63) is 24.5 Å². The van der Waals surface area contributed by atoms with Crippen LogP contribution in [0.5, 0.6) is 0 Å². The second-order valence-corrected chi connectivity index (χ2v) is 2.44. The molecular formula is C8H12O2. The van der Waals surface area contributed by atoms with E-state index >= 15 is 0 Å². The van der Waals surface area contributed by atoms with Crippen molar-refractivity contribution in [1.29, 1.82) is 0 Å². The van der Waals surface area contributed by atoms with Crippen molar-refractivity contribution in [2.75, 3.05) is 13.2 Å². The zero-order valence-electron chi connectivity index (χ0n) is 6.17. The van der Waals surface area contributed by atoms with Crippen LogP contribution in [-0.4, -0.2) is 19.3 Å². The fourth-order valence-electron chi connectivity index (χ4n) is 0.491. The molecule has 1 heterocycles. The SMILES string of the molecule is C=C(C)C=COCC1CO1. The van der Waals surface area contributed by atoms with Gasteiger partial charge in [0, 0.05) is 0 Å². The van der Waals surface area contributed by atoms with E-state index in [-0.39, 0.29) is 0 Å². The van der Waals surface area contributed by atoms with Gasteiger partial charge in [-0.3, -0.25) is 0 Å². The van der Waals surface area contributed by atoms with Gasteiger partial charge in [0.1, 0.15) is 12.7 Å². The highest BCUT2D eigenvalue weighted by Gasteiger charge is 2.22. The van der Waals surface area contributed by atoms with Gasteiger partial charge in [0.05, 0.1) is 12.9 Å². The van der Waals surface area contributed by atoms with Crippen molar-refractivity contribution in [3.63, 3.8) is 0 Å². The largest absolute Gasteiger partial charge is 0.498 e. The van der Waals surface area contributed by atoms with Crippen molar-refractivity contribution in [2.24, 2.45) is 0 Å². The molecule has 1 fully saturated rings. The zero-order chi connectivity index (χ0) is 7.40. The first kappa shape index (κ1) is 7.35. The monoisotopic (exact) mass is 140 g/mol. The lowest BCUT2D eigenvalue weighted by atomic mass is 10.3. The zero-order valence-corrected chi connectivity index (χ0v) is 6.17. The number of allylic oxidation sites excluding steroid dienone is 2.